The van der Waals surface area contributed by atoms with Crippen molar-refractivity contribution < 1.29 is 9.53 Å². The maximum Gasteiger partial charge on any atom is 0.251 e. The average Bonchev–Trinajstić information content (AvgIpc) is 3.21. The van der Waals surface area contributed by atoms with Gasteiger partial charge >= 0.3 is 0 Å². The fourth-order valence-corrected chi connectivity index (χ4v) is 3.15. The molecule has 1 atom stereocenters. The van der Waals surface area contributed by atoms with Crippen LogP contribution in [0.4, 0.5) is 0 Å². The highest BCUT2D eigenvalue weighted by Crippen LogP contribution is 2.26. The van der Waals surface area contributed by atoms with Crippen molar-refractivity contribution in [3.8, 4) is 11.3 Å². The molecule has 0 saturated carbocycles. The van der Waals surface area contributed by atoms with Crippen molar-refractivity contribution >= 4 is 5.91 Å². The lowest BCUT2D eigenvalue weighted by Gasteiger charge is -2.26. The summed E-state index contributed by atoms with van der Waals surface area (Å²) in [7, 11) is 0. The highest BCUT2D eigenvalue weighted by atomic mass is 16.5. The van der Waals surface area contributed by atoms with Crippen LogP contribution in [0.2, 0.25) is 0 Å². The fraction of sp³-hybridized carbons (Fsp3) is 0.200. The molecule has 5 heteroatoms. The van der Waals surface area contributed by atoms with Crippen molar-refractivity contribution in [3.63, 3.8) is 0 Å². The molecule has 0 aliphatic carbocycles. The standard InChI is InChI=1S/C20H19N3O2/c24-20(16-7-5-15(6-8-16)18-9-11-22-23-18)21-13-19-17-4-2-1-3-14(17)10-12-25-19/h1-9,11,19H,10,12-13H2,(H,21,24)(H,22,23). The van der Waals surface area contributed by atoms with Gasteiger partial charge in [-0.15, -0.1) is 0 Å². The number of carbonyl (C=O) groups is 1. The molecule has 25 heavy (non-hydrogen) atoms. The Morgan fingerprint density at radius 2 is 2.00 bits per heavy atom. The predicted molar refractivity (Wildman–Crippen MR) is 95.2 cm³/mol. The van der Waals surface area contributed by atoms with Gasteiger partial charge in [0.2, 0.25) is 0 Å². The van der Waals surface area contributed by atoms with Crippen LogP contribution >= 0.6 is 0 Å². The van der Waals surface area contributed by atoms with Crippen LogP contribution in [0.5, 0.6) is 0 Å². The number of aromatic amines is 1. The molecule has 2 aromatic carbocycles. The van der Waals surface area contributed by atoms with Gasteiger partial charge < -0.3 is 10.1 Å². The first-order valence-electron chi connectivity index (χ1n) is 8.39. The van der Waals surface area contributed by atoms with Crippen LogP contribution in [-0.4, -0.2) is 29.3 Å². The van der Waals surface area contributed by atoms with Crippen LogP contribution in [0.3, 0.4) is 0 Å². The van der Waals surface area contributed by atoms with E-state index in [4.69, 9.17) is 4.74 Å². The Labute approximate surface area is 146 Å². The normalized spacial score (nSPS) is 16.2. The number of nitrogens with zero attached hydrogens (tertiary/aromatic N) is 1. The van der Waals surface area contributed by atoms with Gasteiger partial charge in [-0.2, -0.15) is 5.10 Å². The number of ether oxygens (including phenoxy) is 1. The van der Waals surface area contributed by atoms with Gasteiger partial charge in [0, 0.05) is 18.3 Å². The minimum absolute atomic E-state index is 0.0850. The predicted octanol–water partition coefficient (Wildman–Crippen LogP) is 3.12. The quantitative estimate of drug-likeness (QED) is 0.771. The molecule has 1 aliphatic heterocycles. The monoisotopic (exact) mass is 333 g/mol. The average molecular weight is 333 g/mol. The number of benzene rings is 2. The summed E-state index contributed by atoms with van der Waals surface area (Å²) in [5.74, 6) is -0.0946. The van der Waals surface area contributed by atoms with Gasteiger partial charge in [0.25, 0.3) is 5.91 Å². The van der Waals surface area contributed by atoms with E-state index in [0.717, 1.165) is 17.7 Å². The van der Waals surface area contributed by atoms with Crippen molar-refractivity contribution in [1.82, 2.24) is 15.5 Å². The molecule has 1 unspecified atom stereocenters. The molecular weight excluding hydrogens is 314 g/mol. The highest BCUT2D eigenvalue weighted by molar-refractivity contribution is 5.94. The molecule has 0 bridgehead atoms. The van der Waals surface area contributed by atoms with Crippen LogP contribution in [0.1, 0.15) is 27.6 Å². The summed E-state index contributed by atoms with van der Waals surface area (Å²) in [6, 6.07) is 17.6. The number of H-pyrrole nitrogens is 1. The Morgan fingerprint density at radius 1 is 1.16 bits per heavy atom. The molecule has 2 N–H and O–H groups in total. The molecule has 0 spiro atoms. The molecule has 2 heterocycles. The minimum atomic E-state index is -0.0946. The number of nitrogens with one attached hydrogen (secondary N) is 2. The molecule has 5 nitrogen and oxygen atoms in total. The van der Waals surface area contributed by atoms with E-state index in [9.17, 15) is 4.79 Å². The maximum atomic E-state index is 12.4. The number of amides is 1. The molecule has 1 amide bonds. The lowest BCUT2D eigenvalue weighted by atomic mass is 9.97. The summed E-state index contributed by atoms with van der Waals surface area (Å²) in [6.07, 6.45) is 2.55. The second-order valence-corrected chi connectivity index (χ2v) is 6.07. The topological polar surface area (TPSA) is 67.0 Å². The first-order valence-corrected chi connectivity index (χ1v) is 8.39. The number of aromatic nitrogens is 2. The van der Waals surface area contributed by atoms with Crippen LogP contribution < -0.4 is 5.32 Å². The van der Waals surface area contributed by atoms with Crippen molar-refractivity contribution in [2.75, 3.05) is 13.2 Å². The summed E-state index contributed by atoms with van der Waals surface area (Å²) in [6.45, 7) is 1.16. The zero-order chi connectivity index (χ0) is 17.1. The van der Waals surface area contributed by atoms with E-state index in [1.807, 2.05) is 42.5 Å². The van der Waals surface area contributed by atoms with Gasteiger partial charge in [0.1, 0.15) is 6.10 Å². The Hall–Kier alpha value is -2.92. The summed E-state index contributed by atoms with van der Waals surface area (Å²) in [5, 5.41) is 9.83. The van der Waals surface area contributed by atoms with Crippen molar-refractivity contribution in [2.24, 2.45) is 0 Å². The molecule has 4 rings (SSSR count). The number of carbonyl (C=O) groups excluding carboxylic acids is 1. The lowest BCUT2D eigenvalue weighted by molar-refractivity contribution is 0.0411. The van der Waals surface area contributed by atoms with Crippen molar-refractivity contribution in [2.45, 2.75) is 12.5 Å². The Morgan fingerprint density at radius 3 is 2.80 bits per heavy atom. The molecule has 3 aromatic rings. The van der Waals surface area contributed by atoms with Gasteiger partial charge in [0.15, 0.2) is 0 Å². The van der Waals surface area contributed by atoms with Crippen LogP contribution in [0.15, 0.2) is 60.8 Å². The van der Waals surface area contributed by atoms with E-state index >= 15 is 0 Å². The van der Waals surface area contributed by atoms with E-state index in [0.29, 0.717) is 18.7 Å². The van der Waals surface area contributed by atoms with Crippen molar-refractivity contribution in [1.29, 1.82) is 0 Å². The molecule has 0 radical (unpaired) electrons. The van der Waals surface area contributed by atoms with E-state index < -0.39 is 0 Å². The van der Waals surface area contributed by atoms with Gasteiger partial charge in [0.05, 0.1) is 12.3 Å². The number of rotatable bonds is 4. The van der Waals surface area contributed by atoms with Crippen molar-refractivity contribution in [3.05, 3.63) is 77.5 Å². The van der Waals surface area contributed by atoms with E-state index in [-0.39, 0.29) is 12.0 Å². The van der Waals surface area contributed by atoms with E-state index in [2.05, 4.69) is 27.6 Å². The van der Waals surface area contributed by atoms with E-state index in [1.165, 1.54) is 11.1 Å². The molecule has 0 saturated heterocycles. The summed E-state index contributed by atoms with van der Waals surface area (Å²) in [4.78, 5) is 12.4. The lowest BCUT2D eigenvalue weighted by Crippen LogP contribution is -2.31. The highest BCUT2D eigenvalue weighted by Gasteiger charge is 2.21. The second kappa shape index (κ2) is 6.91. The van der Waals surface area contributed by atoms with Gasteiger partial charge in [-0.1, -0.05) is 36.4 Å². The SMILES string of the molecule is O=C(NCC1OCCc2ccccc21)c1ccc(-c2ccn[nH]2)cc1. The minimum Gasteiger partial charge on any atom is -0.371 e. The largest absolute Gasteiger partial charge is 0.371 e. The van der Waals surface area contributed by atoms with E-state index in [1.54, 1.807) is 6.20 Å². The Bertz CT molecular complexity index is 857. The molecule has 126 valence electrons. The molecule has 1 aromatic heterocycles. The number of hydrogen-bond donors (Lipinski definition) is 2. The Kier molecular flexibility index (Phi) is 4.31. The summed E-state index contributed by atoms with van der Waals surface area (Å²) in [5.41, 5.74) is 5.03. The fourth-order valence-electron chi connectivity index (χ4n) is 3.15. The van der Waals surface area contributed by atoms with Crippen LogP contribution in [-0.2, 0) is 11.2 Å². The van der Waals surface area contributed by atoms with Crippen LogP contribution in [0.25, 0.3) is 11.3 Å². The number of hydrogen-bond acceptors (Lipinski definition) is 3. The first-order chi connectivity index (χ1) is 12.3. The number of fused-ring (bicyclic) bond motifs is 1. The zero-order valence-electron chi connectivity index (χ0n) is 13.7. The van der Waals surface area contributed by atoms with Gasteiger partial charge in [-0.25, -0.2) is 0 Å². The molecule has 0 fully saturated rings. The van der Waals surface area contributed by atoms with Crippen LogP contribution in [0, 0.1) is 0 Å². The third kappa shape index (κ3) is 3.32. The summed E-state index contributed by atoms with van der Waals surface area (Å²) >= 11 is 0. The Balaban J connectivity index is 1.41. The second-order valence-electron chi connectivity index (χ2n) is 6.07. The maximum absolute atomic E-state index is 12.4. The third-order valence-electron chi connectivity index (χ3n) is 4.50. The zero-order valence-corrected chi connectivity index (χ0v) is 13.7. The molecular formula is C20H19N3O2. The molecule has 1 aliphatic rings. The first kappa shape index (κ1) is 15.6. The van der Waals surface area contributed by atoms with Gasteiger partial charge in [-0.3, -0.25) is 9.89 Å². The summed E-state index contributed by atoms with van der Waals surface area (Å²) < 4.78 is 5.83. The van der Waals surface area contributed by atoms with Gasteiger partial charge in [-0.05, 0) is 41.3 Å². The third-order valence-corrected chi connectivity index (χ3v) is 4.50. The smallest absolute Gasteiger partial charge is 0.251 e.